The van der Waals surface area contributed by atoms with Crippen LogP contribution in [0.1, 0.15) is 50.3 Å². The summed E-state index contributed by atoms with van der Waals surface area (Å²) in [6.45, 7) is 3.48. The first kappa shape index (κ1) is 26.7. The number of rotatable bonds is 12. The van der Waals surface area contributed by atoms with Crippen LogP contribution in [0.3, 0.4) is 0 Å². The van der Waals surface area contributed by atoms with E-state index >= 15 is 0 Å². The Labute approximate surface area is 218 Å². The standard InChI is InChI=1S/C29H37N3O5/c1-4-36-26(29(33)34-2)20-21-10-13-24(14-11-21)37-19-18-32-17-16-23-12-15-25(30-28(23)32)27(31-35-3)22-8-6-5-7-9-22/h10-17,22,26H,4-9,18-20H2,1-3H3/t26-/m0/s1. The Balaban J connectivity index is 1.39. The van der Waals surface area contributed by atoms with Crippen molar-refractivity contribution in [2.45, 2.75) is 58.1 Å². The molecule has 0 N–H and O–H groups in total. The van der Waals surface area contributed by atoms with E-state index in [9.17, 15) is 4.79 Å². The Bertz CT molecular complexity index is 1180. The van der Waals surface area contributed by atoms with Gasteiger partial charge in [0.1, 0.15) is 30.8 Å². The molecule has 0 radical (unpaired) electrons. The van der Waals surface area contributed by atoms with Crippen molar-refractivity contribution in [1.82, 2.24) is 9.55 Å². The lowest BCUT2D eigenvalue weighted by Crippen LogP contribution is -2.28. The van der Waals surface area contributed by atoms with E-state index in [2.05, 4.69) is 21.9 Å². The molecule has 0 saturated heterocycles. The van der Waals surface area contributed by atoms with Crippen molar-refractivity contribution in [2.24, 2.45) is 11.1 Å². The highest BCUT2D eigenvalue weighted by Crippen LogP contribution is 2.28. The van der Waals surface area contributed by atoms with Gasteiger partial charge < -0.3 is 23.6 Å². The summed E-state index contributed by atoms with van der Waals surface area (Å²) >= 11 is 0. The van der Waals surface area contributed by atoms with Crippen molar-refractivity contribution in [2.75, 3.05) is 27.4 Å². The number of nitrogens with zero attached hydrogens (tertiary/aromatic N) is 3. The summed E-state index contributed by atoms with van der Waals surface area (Å²) in [5, 5.41) is 5.46. The summed E-state index contributed by atoms with van der Waals surface area (Å²) < 4.78 is 18.5. The molecule has 1 atom stereocenters. The third kappa shape index (κ3) is 6.89. The van der Waals surface area contributed by atoms with E-state index in [0.717, 1.165) is 46.6 Å². The summed E-state index contributed by atoms with van der Waals surface area (Å²) in [5.41, 5.74) is 3.73. The fourth-order valence-electron chi connectivity index (χ4n) is 4.93. The lowest BCUT2D eigenvalue weighted by molar-refractivity contribution is -0.153. The second-order valence-electron chi connectivity index (χ2n) is 9.28. The number of hydrogen-bond donors (Lipinski definition) is 0. The first-order chi connectivity index (χ1) is 18.1. The Hall–Kier alpha value is -3.39. The second kappa shape index (κ2) is 13.2. The minimum Gasteiger partial charge on any atom is -0.492 e. The number of aromatic nitrogens is 2. The van der Waals surface area contributed by atoms with E-state index in [0.29, 0.717) is 32.1 Å². The van der Waals surface area contributed by atoms with Crippen LogP contribution in [0.5, 0.6) is 5.75 Å². The number of oxime groups is 1. The maximum Gasteiger partial charge on any atom is 0.335 e. The Kier molecular flexibility index (Phi) is 9.54. The zero-order valence-corrected chi connectivity index (χ0v) is 22.0. The summed E-state index contributed by atoms with van der Waals surface area (Å²) in [7, 11) is 2.98. The lowest BCUT2D eigenvalue weighted by atomic mass is 9.84. The SMILES string of the molecule is CCO[C@@H](Cc1ccc(OCCn2ccc3ccc(C(=NOC)C4CCCCC4)nc32)cc1)C(=O)OC. The normalized spacial score (nSPS) is 15.5. The molecule has 3 aromatic rings. The highest BCUT2D eigenvalue weighted by atomic mass is 16.6. The lowest BCUT2D eigenvalue weighted by Gasteiger charge is -2.22. The van der Waals surface area contributed by atoms with Gasteiger partial charge in [0.05, 0.1) is 19.3 Å². The predicted molar refractivity (Wildman–Crippen MR) is 143 cm³/mol. The molecule has 0 amide bonds. The molecule has 37 heavy (non-hydrogen) atoms. The van der Waals surface area contributed by atoms with E-state index in [4.69, 9.17) is 24.0 Å². The first-order valence-corrected chi connectivity index (χ1v) is 13.1. The molecule has 2 heterocycles. The van der Waals surface area contributed by atoms with Crippen LogP contribution in [0.25, 0.3) is 11.0 Å². The van der Waals surface area contributed by atoms with Gasteiger partial charge in [0, 0.05) is 30.5 Å². The largest absolute Gasteiger partial charge is 0.492 e. The van der Waals surface area contributed by atoms with E-state index in [1.807, 2.05) is 43.5 Å². The van der Waals surface area contributed by atoms with Crippen LogP contribution in [0.4, 0.5) is 0 Å². The van der Waals surface area contributed by atoms with Gasteiger partial charge in [0.25, 0.3) is 0 Å². The summed E-state index contributed by atoms with van der Waals surface area (Å²) in [6, 6.07) is 14.0. The number of fused-ring (bicyclic) bond motifs is 1. The van der Waals surface area contributed by atoms with E-state index in [-0.39, 0.29) is 5.97 Å². The Morgan fingerprint density at radius 1 is 1.08 bits per heavy atom. The van der Waals surface area contributed by atoms with Gasteiger partial charge in [-0.2, -0.15) is 0 Å². The molecule has 0 unspecified atom stereocenters. The molecule has 0 spiro atoms. The Morgan fingerprint density at radius 2 is 1.86 bits per heavy atom. The van der Waals surface area contributed by atoms with Crippen molar-refractivity contribution >= 4 is 22.7 Å². The molecule has 1 saturated carbocycles. The number of carbonyl (C=O) groups is 1. The number of carbonyl (C=O) groups excluding carboxylic acids is 1. The summed E-state index contributed by atoms with van der Waals surface area (Å²) in [5.74, 6) is 0.800. The number of ether oxygens (including phenoxy) is 3. The van der Waals surface area contributed by atoms with Crippen molar-refractivity contribution < 1.29 is 23.8 Å². The first-order valence-electron chi connectivity index (χ1n) is 13.1. The summed E-state index contributed by atoms with van der Waals surface area (Å²) in [6.07, 6.45) is 7.90. The van der Waals surface area contributed by atoms with Crippen molar-refractivity contribution in [3.63, 3.8) is 0 Å². The Morgan fingerprint density at radius 3 is 2.57 bits per heavy atom. The molecule has 1 aromatic carbocycles. The third-order valence-electron chi connectivity index (χ3n) is 6.83. The van der Waals surface area contributed by atoms with Crippen LogP contribution in [-0.4, -0.2) is 54.8 Å². The molecular weight excluding hydrogens is 470 g/mol. The number of esters is 1. The van der Waals surface area contributed by atoms with Gasteiger partial charge >= 0.3 is 5.97 Å². The molecule has 198 valence electrons. The molecule has 8 nitrogen and oxygen atoms in total. The van der Waals surface area contributed by atoms with E-state index < -0.39 is 6.10 Å². The third-order valence-corrected chi connectivity index (χ3v) is 6.83. The van der Waals surface area contributed by atoms with Gasteiger partial charge in [-0.05, 0) is 55.7 Å². The maximum absolute atomic E-state index is 11.9. The van der Waals surface area contributed by atoms with Crippen LogP contribution in [-0.2, 0) is 32.1 Å². The van der Waals surface area contributed by atoms with Crippen LogP contribution in [0.15, 0.2) is 53.8 Å². The molecular formula is C29H37N3O5. The fourth-order valence-corrected chi connectivity index (χ4v) is 4.93. The van der Waals surface area contributed by atoms with Crippen molar-refractivity contribution in [3.8, 4) is 5.75 Å². The smallest absolute Gasteiger partial charge is 0.335 e. The van der Waals surface area contributed by atoms with Crippen molar-refractivity contribution in [1.29, 1.82) is 0 Å². The second-order valence-corrected chi connectivity index (χ2v) is 9.28. The average molecular weight is 508 g/mol. The number of methoxy groups -OCH3 is 1. The van der Waals surface area contributed by atoms with Gasteiger partial charge in [0.15, 0.2) is 6.10 Å². The zero-order valence-electron chi connectivity index (χ0n) is 22.0. The molecule has 0 bridgehead atoms. The van der Waals surface area contributed by atoms with Gasteiger partial charge in [-0.25, -0.2) is 9.78 Å². The van der Waals surface area contributed by atoms with Gasteiger partial charge in [0.2, 0.25) is 0 Å². The minimum atomic E-state index is -0.603. The number of hydrogen-bond acceptors (Lipinski definition) is 7. The highest BCUT2D eigenvalue weighted by Gasteiger charge is 2.23. The van der Waals surface area contributed by atoms with Crippen LogP contribution in [0, 0.1) is 5.92 Å². The quantitative estimate of drug-likeness (QED) is 0.191. The summed E-state index contributed by atoms with van der Waals surface area (Å²) in [4.78, 5) is 22.1. The van der Waals surface area contributed by atoms with Gasteiger partial charge in [-0.3, -0.25) is 0 Å². The molecule has 1 fully saturated rings. The van der Waals surface area contributed by atoms with E-state index in [1.165, 1.54) is 26.4 Å². The highest BCUT2D eigenvalue weighted by molar-refractivity contribution is 6.01. The molecule has 1 aliphatic rings. The monoisotopic (exact) mass is 507 g/mol. The average Bonchev–Trinajstić information content (AvgIpc) is 3.34. The van der Waals surface area contributed by atoms with Gasteiger partial charge in [-0.1, -0.05) is 36.6 Å². The molecule has 8 heteroatoms. The topological polar surface area (TPSA) is 84.2 Å². The van der Waals surface area contributed by atoms with E-state index in [1.54, 1.807) is 7.11 Å². The molecule has 4 rings (SSSR count). The number of pyridine rings is 1. The van der Waals surface area contributed by atoms with Crippen LogP contribution < -0.4 is 4.74 Å². The zero-order chi connectivity index (χ0) is 26.0. The molecule has 0 aliphatic heterocycles. The molecule has 2 aromatic heterocycles. The van der Waals surface area contributed by atoms with Crippen LogP contribution >= 0.6 is 0 Å². The molecule has 1 aliphatic carbocycles. The number of benzene rings is 1. The van der Waals surface area contributed by atoms with Crippen molar-refractivity contribution in [3.05, 3.63) is 59.9 Å². The predicted octanol–water partition coefficient (Wildman–Crippen LogP) is 5.17. The van der Waals surface area contributed by atoms with Crippen LogP contribution in [0.2, 0.25) is 0 Å². The fraction of sp³-hybridized carbons (Fsp3) is 0.483. The minimum absolute atomic E-state index is 0.364. The maximum atomic E-state index is 11.9. The van der Waals surface area contributed by atoms with Gasteiger partial charge in [-0.15, -0.1) is 0 Å².